The molecule has 4 heteroatoms. The molecule has 1 unspecified atom stereocenters. The summed E-state index contributed by atoms with van der Waals surface area (Å²) in [7, 11) is 0. The van der Waals surface area contributed by atoms with Crippen molar-refractivity contribution in [2.75, 3.05) is 0 Å². The predicted octanol–water partition coefficient (Wildman–Crippen LogP) is 15.7. The van der Waals surface area contributed by atoms with Crippen LogP contribution in [0.3, 0.4) is 0 Å². The van der Waals surface area contributed by atoms with Gasteiger partial charge < -0.3 is 9.13 Å². The number of aromatic nitrogens is 2. The van der Waals surface area contributed by atoms with Crippen molar-refractivity contribution in [3.63, 3.8) is 0 Å². The average molecular weight is 783 g/mol. The highest BCUT2D eigenvalue weighted by Gasteiger charge is 2.28. The molecule has 1 aliphatic carbocycles. The van der Waals surface area contributed by atoms with Crippen LogP contribution < -0.4 is 0 Å². The van der Waals surface area contributed by atoms with Crippen LogP contribution in [-0.4, -0.2) is 9.13 Å². The van der Waals surface area contributed by atoms with E-state index in [0.29, 0.717) is 0 Å². The van der Waals surface area contributed by atoms with Gasteiger partial charge in [0.15, 0.2) is 0 Å². The fourth-order valence-corrected chi connectivity index (χ4v) is 12.1. The van der Waals surface area contributed by atoms with Crippen LogP contribution in [0.5, 0.6) is 0 Å². The number of hydrogen-bond acceptors (Lipinski definition) is 2. The Morgan fingerprint density at radius 1 is 0.672 bits per heavy atom. The summed E-state index contributed by atoms with van der Waals surface area (Å²) >= 11 is 3.86. The molecular formula is C54H42N2S2. The van der Waals surface area contributed by atoms with Gasteiger partial charge in [0, 0.05) is 70.1 Å². The third kappa shape index (κ3) is 5.50. The highest BCUT2D eigenvalue weighted by atomic mass is 32.1. The molecule has 1 aliphatic rings. The number of para-hydroxylation sites is 3. The number of thiophene rings is 2. The lowest BCUT2D eigenvalue weighted by Gasteiger charge is -2.22. The summed E-state index contributed by atoms with van der Waals surface area (Å²) in [5, 5.41) is 6.60. The van der Waals surface area contributed by atoms with Crippen molar-refractivity contribution in [1.82, 2.24) is 9.13 Å². The number of aryl methyl sites for hydroxylation is 1. The second-order valence-electron chi connectivity index (χ2n) is 15.6. The summed E-state index contributed by atoms with van der Waals surface area (Å²) in [5.41, 5.74) is 14.3. The minimum absolute atomic E-state index is 0.227. The fraction of sp³-hybridized carbons (Fsp3) is 0.111. The summed E-state index contributed by atoms with van der Waals surface area (Å²) in [6, 6.07) is 53.6. The lowest BCUT2D eigenvalue weighted by Crippen LogP contribution is -2.07. The Bertz CT molecular complexity index is 3320. The molecule has 0 fully saturated rings. The molecule has 0 aliphatic heterocycles. The first-order chi connectivity index (χ1) is 28.6. The third-order valence-corrected chi connectivity index (χ3v) is 14.8. The van der Waals surface area contributed by atoms with Crippen molar-refractivity contribution in [2.24, 2.45) is 0 Å². The van der Waals surface area contributed by atoms with E-state index in [-0.39, 0.29) is 5.92 Å². The van der Waals surface area contributed by atoms with Crippen molar-refractivity contribution in [3.05, 3.63) is 195 Å². The Balaban J connectivity index is 1.05. The molecule has 0 radical (unpaired) electrons. The first kappa shape index (κ1) is 35.0. The second-order valence-corrected chi connectivity index (χ2v) is 17.8. The lowest BCUT2D eigenvalue weighted by molar-refractivity contribution is 0.821. The molecule has 58 heavy (non-hydrogen) atoms. The first-order valence-corrected chi connectivity index (χ1v) is 21.9. The smallest absolute Gasteiger partial charge is 0.0544 e. The number of rotatable bonds is 7. The number of fused-ring (bicyclic) bond motifs is 8. The number of hydrogen-bond donors (Lipinski definition) is 0. The zero-order valence-corrected chi connectivity index (χ0v) is 34.5. The third-order valence-electron chi connectivity index (χ3n) is 12.3. The van der Waals surface area contributed by atoms with Crippen molar-refractivity contribution in [3.8, 4) is 5.69 Å². The number of benzene rings is 6. The normalized spacial score (nSPS) is 14.8. The molecule has 0 bridgehead atoms. The topological polar surface area (TPSA) is 9.86 Å². The molecular weight excluding hydrogens is 741 g/mol. The molecule has 4 aromatic heterocycles. The lowest BCUT2D eigenvalue weighted by atomic mass is 9.83. The highest BCUT2D eigenvalue weighted by Crippen LogP contribution is 2.46. The molecule has 0 saturated carbocycles. The van der Waals surface area contributed by atoms with Gasteiger partial charge in [-0.2, -0.15) is 0 Å². The van der Waals surface area contributed by atoms with E-state index in [1.807, 2.05) is 22.7 Å². The van der Waals surface area contributed by atoms with Crippen LogP contribution in [0.4, 0.5) is 0 Å². The Hall–Kier alpha value is -6.20. The van der Waals surface area contributed by atoms with Gasteiger partial charge in [-0.05, 0) is 115 Å². The minimum atomic E-state index is 0.227. The fourth-order valence-electron chi connectivity index (χ4n) is 9.64. The summed E-state index contributed by atoms with van der Waals surface area (Å²) in [4.78, 5) is 2.81. The van der Waals surface area contributed by atoms with E-state index in [1.54, 1.807) is 0 Å². The van der Waals surface area contributed by atoms with Crippen LogP contribution in [0.25, 0.3) is 82.0 Å². The van der Waals surface area contributed by atoms with E-state index in [9.17, 15) is 0 Å². The average Bonchev–Trinajstić information content (AvgIpc) is 4.00. The van der Waals surface area contributed by atoms with Crippen LogP contribution in [0.2, 0.25) is 0 Å². The quantitative estimate of drug-likeness (QED) is 0.152. The summed E-state index contributed by atoms with van der Waals surface area (Å²) in [6.07, 6.45) is 11.4. The molecule has 4 heterocycles. The van der Waals surface area contributed by atoms with Gasteiger partial charge in [0.1, 0.15) is 0 Å². The van der Waals surface area contributed by atoms with Crippen LogP contribution >= 0.6 is 22.7 Å². The van der Waals surface area contributed by atoms with E-state index in [4.69, 9.17) is 0 Å². The minimum Gasteiger partial charge on any atom is -0.314 e. The molecule has 10 aromatic rings. The highest BCUT2D eigenvalue weighted by molar-refractivity contribution is 7.20. The summed E-state index contributed by atoms with van der Waals surface area (Å²) < 4.78 is 7.66. The van der Waals surface area contributed by atoms with Gasteiger partial charge in [-0.15, -0.1) is 22.7 Å². The molecule has 1 atom stereocenters. The van der Waals surface area contributed by atoms with Crippen molar-refractivity contribution >= 4 is 99.0 Å². The standard InChI is InChI=1S/C54H42N2S2/c1-4-36(54-35(3)39-19-10-14-27-50(39)58-54)33-52-45(43-21-11-15-28-51(43)57-52)31-34(2)55-47-25-13-9-22-44(47)53-40(23-16-26-48(53)55)37-29-30-42-41-20-8-12-24-46(41)56(49(42)32-37)38-17-6-5-7-18-38/h4-22,24-32,40H,23,33H2,1-3H3/b34-31+,36-4-. The van der Waals surface area contributed by atoms with Gasteiger partial charge in [-0.1, -0.05) is 115 Å². The van der Waals surface area contributed by atoms with Gasteiger partial charge in [0.2, 0.25) is 0 Å². The molecule has 6 aromatic carbocycles. The van der Waals surface area contributed by atoms with Crippen LogP contribution in [0.1, 0.15) is 63.9 Å². The van der Waals surface area contributed by atoms with Crippen molar-refractivity contribution in [2.45, 2.75) is 39.5 Å². The van der Waals surface area contributed by atoms with Crippen LogP contribution in [0.15, 0.2) is 158 Å². The van der Waals surface area contributed by atoms with Crippen molar-refractivity contribution in [1.29, 1.82) is 0 Å². The largest absolute Gasteiger partial charge is 0.314 e. The molecule has 0 amide bonds. The Kier molecular flexibility index (Phi) is 8.46. The maximum Gasteiger partial charge on any atom is 0.0544 e. The van der Waals surface area contributed by atoms with E-state index in [1.165, 1.54) is 108 Å². The molecule has 0 N–H and O–H groups in total. The van der Waals surface area contributed by atoms with Gasteiger partial charge >= 0.3 is 0 Å². The van der Waals surface area contributed by atoms with Crippen LogP contribution in [-0.2, 0) is 6.42 Å². The summed E-state index contributed by atoms with van der Waals surface area (Å²) in [6.45, 7) is 6.79. The predicted molar refractivity (Wildman–Crippen MR) is 254 cm³/mol. The van der Waals surface area contributed by atoms with E-state index in [2.05, 4.69) is 200 Å². The maximum atomic E-state index is 2.52. The molecule has 0 saturated heterocycles. The van der Waals surface area contributed by atoms with Gasteiger partial charge in [0.25, 0.3) is 0 Å². The van der Waals surface area contributed by atoms with E-state index >= 15 is 0 Å². The molecule has 280 valence electrons. The Morgan fingerprint density at radius 2 is 1.33 bits per heavy atom. The molecule has 2 nitrogen and oxygen atoms in total. The monoisotopic (exact) mass is 782 g/mol. The Morgan fingerprint density at radius 3 is 2.10 bits per heavy atom. The van der Waals surface area contributed by atoms with Gasteiger partial charge in [-0.3, -0.25) is 0 Å². The van der Waals surface area contributed by atoms with Gasteiger partial charge in [-0.25, -0.2) is 0 Å². The first-order valence-electron chi connectivity index (χ1n) is 20.3. The molecule has 0 spiro atoms. The molecule has 11 rings (SSSR count). The van der Waals surface area contributed by atoms with E-state index < -0.39 is 0 Å². The zero-order valence-electron chi connectivity index (χ0n) is 32.9. The second kappa shape index (κ2) is 14.0. The van der Waals surface area contributed by atoms with E-state index in [0.717, 1.165) is 12.8 Å². The zero-order chi connectivity index (χ0) is 38.9. The SMILES string of the molecule is C/C=C(/Cc1sc2ccccc2c1/C=C(\C)n1c2c(c3ccccc31)C(c1ccc3c4ccccc4n(-c4ccccc4)c3c1)CC=C2)c1sc2ccccc2c1C. The van der Waals surface area contributed by atoms with Gasteiger partial charge in [0.05, 0.1) is 16.6 Å². The summed E-state index contributed by atoms with van der Waals surface area (Å²) in [5.74, 6) is 0.227. The maximum absolute atomic E-state index is 2.52. The Labute approximate surface area is 346 Å². The number of allylic oxidation sites excluding steroid dienone is 4. The van der Waals surface area contributed by atoms with Crippen molar-refractivity contribution < 1.29 is 0 Å². The van der Waals surface area contributed by atoms with Crippen LogP contribution in [0, 0.1) is 6.92 Å². The number of nitrogens with zero attached hydrogens (tertiary/aromatic N) is 2.